The molecule has 0 saturated heterocycles. The summed E-state index contributed by atoms with van der Waals surface area (Å²) in [6.07, 6.45) is -0.373. The topological polar surface area (TPSA) is 74.3 Å². The van der Waals surface area contributed by atoms with E-state index in [1.54, 1.807) is 12.1 Å². The number of carboxylic acids is 1. The van der Waals surface area contributed by atoms with E-state index in [1.165, 1.54) is 12.1 Å². The first-order valence-corrected chi connectivity index (χ1v) is 3.62. The molecule has 0 atom stereocenters. The second kappa shape index (κ2) is 3.71. The van der Waals surface area contributed by atoms with E-state index in [9.17, 15) is 14.7 Å². The van der Waals surface area contributed by atoms with E-state index < -0.39 is 11.9 Å². The quantitative estimate of drug-likeness (QED) is 0.748. The van der Waals surface area contributed by atoms with Crippen molar-refractivity contribution in [2.45, 2.75) is 6.42 Å². The van der Waals surface area contributed by atoms with Crippen LogP contribution >= 0.6 is 0 Å². The number of hydrogen-bond donors (Lipinski definition) is 1. The molecule has 4 nitrogen and oxygen atoms in total. The van der Waals surface area contributed by atoms with Gasteiger partial charge in [0.2, 0.25) is 0 Å². The van der Waals surface area contributed by atoms with Crippen LogP contribution in [0.5, 0.6) is 0 Å². The zero-order chi connectivity index (χ0) is 9.84. The van der Waals surface area contributed by atoms with Gasteiger partial charge in [-0.25, -0.2) is 14.7 Å². The van der Waals surface area contributed by atoms with Gasteiger partial charge < -0.3 is 5.11 Å². The van der Waals surface area contributed by atoms with Crippen molar-refractivity contribution in [1.29, 1.82) is 0 Å². The molecule has 0 amide bonds. The summed E-state index contributed by atoms with van der Waals surface area (Å²) >= 11 is 0. The molecule has 0 aliphatic heterocycles. The van der Waals surface area contributed by atoms with Crippen molar-refractivity contribution in [3.05, 3.63) is 35.4 Å². The van der Waals surface area contributed by atoms with Crippen molar-refractivity contribution in [2.24, 2.45) is 0 Å². The van der Waals surface area contributed by atoms with Crippen LogP contribution in [0, 0.1) is 0 Å². The van der Waals surface area contributed by atoms with Gasteiger partial charge in [-0.05, 0) is 11.6 Å². The van der Waals surface area contributed by atoms with Gasteiger partial charge in [-0.15, -0.1) is 0 Å². The molecule has 0 spiro atoms. The molecule has 1 aromatic carbocycles. The summed E-state index contributed by atoms with van der Waals surface area (Å²) in [6.45, 7) is 0. The molecule has 1 radical (unpaired) electrons. The highest BCUT2D eigenvalue weighted by molar-refractivity contribution is 5.90. The Bertz CT molecular complexity index is 343. The van der Waals surface area contributed by atoms with Crippen LogP contribution in [-0.2, 0) is 16.3 Å². The van der Waals surface area contributed by atoms with Gasteiger partial charge in [-0.1, -0.05) is 18.2 Å². The number of rotatable bonds is 3. The molecule has 67 valence electrons. The highest BCUT2D eigenvalue weighted by Gasteiger charge is 2.11. The number of hydrogen-bond acceptors (Lipinski definition) is 2. The molecule has 4 heteroatoms. The minimum Gasteiger partial charge on any atom is -0.478 e. The summed E-state index contributed by atoms with van der Waals surface area (Å²) in [5, 5.41) is 18.9. The fraction of sp³-hybridized carbons (Fsp3) is 0.111. The summed E-state index contributed by atoms with van der Waals surface area (Å²) in [5.74, 6) is -2.41. The van der Waals surface area contributed by atoms with Crippen LogP contribution in [0.15, 0.2) is 24.3 Å². The molecule has 1 aromatic rings. The van der Waals surface area contributed by atoms with E-state index in [-0.39, 0.29) is 17.5 Å². The first kappa shape index (κ1) is 9.25. The van der Waals surface area contributed by atoms with Crippen LogP contribution in [0.25, 0.3) is 0 Å². The second-order valence-electron chi connectivity index (χ2n) is 2.51. The molecule has 0 fully saturated rings. The summed E-state index contributed by atoms with van der Waals surface area (Å²) in [5.41, 5.74) is 0.265. The van der Waals surface area contributed by atoms with Gasteiger partial charge in [0.15, 0.2) is 0 Å². The SMILES string of the molecule is [O]C(=O)Cc1ccccc1C(=O)O. The van der Waals surface area contributed by atoms with Gasteiger partial charge in [-0.2, -0.15) is 0 Å². The fourth-order valence-electron chi connectivity index (χ4n) is 1.04. The molecule has 13 heavy (non-hydrogen) atoms. The molecule has 0 aromatic heterocycles. The number of aromatic carboxylic acids is 1. The number of carbonyl (C=O) groups excluding carboxylic acids is 1. The molecule has 0 unspecified atom stereocenters. The minimum atomic E-state index is -1.28. The van der Waals surface area contributed by atoms with Gasteiger partial charge in [0.05, 0.1) is 12.0 Å². The van der Waals surface area contributed by atoms with Gasteiger partial charge in [-0.3, -0.25) is 0 Å². The average Bonchev–Trinajstić information content (AvgIpc) is 2.03. The van der Waals surface area contributed by atoms with Crippen molar-refractivity contribution >= 4 is 11.9 Å². The van der Waals surface area contributed by atoms with E-state index in [0.29, 0.717) is 0 Å². The Morgan fingerprint density at radius 1 is 1.23 bits per heavy atom. The van der Waals surface area contributed by atoms with Crippen molar-refractivity contribution in [3.8, 4) is 0 Å². The lowest BCUT2D eigenvalue weighted by molar-refractivity contribution is -0.142. The smallest absolute Gasteiger partial charge is 0.359 e. The largest absolute Gasteiger partial charge is 0.478 e. The molecular formula is C9H7O4. The van der Waals surface area contributed by atoms with Crippen molar-refractivity contribution in [1.82, 2.24) is 0 Å². The van der Waals surface area contributed by atoms with Crippen LogP contribution in [0.4, 0.5) is 0 Å². The second-order valence-corrected chi connectivity index (χ2v) is 2.51. The molecule has 0 bridgehead atoms. The zero-order valence-corrected chi connectivity index (χ0v) is 6.69. The Morgan fingerprint density at radius 2 is 1.85 bits per heavy atom. The molecule has 0 aliphatic carbocycles. The first-order chi connectivity index (χ1) is 6.11. The maximum atomic E-state index is 10.6. The zero-order valence-electron chi connectivity index (χ0n) is 6.69. The van der Waals surface area contributed by atoms with Crippen LogP contribution < -0.4 is 0 Å². The number of carbonyl (C=O) groups is 2. The highest BCUT2D eigenvalue weighted by Crippen LogP contribution is 2.09. The average molecular weight is 179 g/mol. The van der Waals surface area contributed by atoms with E-state index >= 15 is 0 Å². The maximum absolute atomic E-state index is 10.6. The Morgan fingerprint density at radius 3 is 2.38 bits per heavy atom. The monoisotopic (exact) mass is 179 g/mol. The lowest BCUT2D eigenvalue weighted by Gasteiger charge is -2.00. The van der Waals surface area contributed by atoms with E-state index in [1.807, 2.05) is 0 Å². The van der Waals surface area contributed by atoms with E-state index in [4.69, 9.17) is 5.11 Å². The molecule has 1 rings (SSSR count). The van der Waals surface area contributed by atoms with Crippen LogP contribution in [0.1, 0.15) is 15.9 Å². The summed E-state index contributed by atoms with van der Waals surface area (Å²) < 4.78 is 0. The highest BCUT2D eigenvalue weighted by atomic mass is 16.4. The third-order valence-corrected chi connectivity index (χ3v) is 1.58. The first-order valence-electron chi connectivity index (χ1n) is 3.62. The Kier molecular flexibility index (Phi) is 2.64. The molecule has 1 N–H and O–H groups in total. The lowest BCUT2D eigenvalue weighted by Crippen LogP contribution is -2.06. The number of carboxylic acid groups (broad SMARTS) is 1. The van der Waals surface area contributed by atoms with Crippen molar-refractivity contribution in [2.75, 3.05) is 0 Å². The Hall–Kier alpha value is -1.84. The normalized spacial score (nSPS) is 9.54. The van der Waals surface area contributed by atoms with Crippen LogP contribution in [-0.4, -0.2) is 17.0 Å². The summed E-state index contributed by atoms with van der Waals surface area (Å²) in [4.78, 5) is 20.8. The van der Waals surface area contributed by atoms with Crippen molar-refractivity contribution in [3.63, 3.8) is 0 Å². The van der Waals surface area contributed by atoms with E-state index in [0.717, 1.165) is 0 Å². The van der Waals surface area contributed by atoms with Crippen LogP contribution in [0.2, 0.25) is 0 Å². The Labute approximate surface area is 74.4 Å². The predicted octanol–water partition coefficient (Wildman–Crippen LogP) is 0.884. The van der Waals surface area contributed by atoms with Crippen molar-refractivity contribution < 1.29 is 19.8 Å². The fourth-order valence-corrected chi connectivity index (χ4v) is 1.04. The van der Waals surface area contributed by atoms with Crippen LogP contribution in [0.3, 0.4) is 0 Å². The molecular weight excluding hydrogens is 172 g/mol. The van der Waals surface area contributed by atoms with Gasteiger partial charge >= 0.3 is 11.9 Å². The lowest BCUT2D eigenvalue weighted by atomic mass is 10.1. The summed E-state index contributed by atoms with van der Waals surface area (Å²) in [6, 6.07) is 5.95. The number of benzene rings is 1. The predicted molar refractivity (Wildman–Crippen MR) is 42.8 cm³/mol. The maximum Gasteiger partial charge on any atom is 0.359 e. The minimum absolute atomic E-state index is 0.00620. The Balaban J connectivity index is 3.04. The third-order valence-electron chi connectivity index (χ3n) is 1.58. The molecule has 0 heterocycles. The van der Waals surface area contributed by atoms with Gasteiger partial charge in [0.25, 0.3) is 0 Å². The standard InChI is InChI=1S/C9H7O4/c10-8(11)5-6-3-1-2-4-7(6)9(12)13/h1-4H,5H2,(H,12,13). The molecule has 0 saturated carbocycles. The van der Waals surface area contributed by atoms with E-state index in [2.05, 4.69) is 0 Å². The van der Waals surface area contributed by atoms with Gasteiger partial charge in [0, 0.05) is 0 Å². The third kappa shape index (κ3) is 2.30. The molecule has 0 aliphatic rings. The summed E-state index contributed by atoms with van der Waals surface area (Å²) in [7, 11) is 0. The van der Waals surface area contributed by atoms with Gasteiger partial charge in [0.1, 0.15) is 0 Å².